The molecule has 0 unspecified atom stereocenters. The van der Waals surface area contributed by atoms with Crippen molar-refractivity contribution in [2.75, 3.05) is 31.5 Å². The van der Waals surface area contributed by atoms with Crippen LogP contribution in [0.1, 0.15) is 19.4 Å². The molecule has 0 aliphatic heterocycles. The van der Waals surface area contributed by atoms with Crippen LogP contribution in [0.2, 0.25) is 0 Å². The first-order chi connectivity index (χ1) is 16.0. The molecule has 0 aromatic heterocycles. The molecule has 0 radical (unpaired) electrons. The van der Waals surface area contributed by atoms with E-state index < -0.39 is 0 Å². The normalized spacial score (nSPS) is 10.8. The van der Waals surface area contributed by atoms with Crippen LogP contribution < -0.4 is 24.4 Å². The van der Waals surface area contributed by atoms with Crippen LogP contribution >= 0.6 is 0 Å². The number of nitrogens with zero attached hydrogens (tertiary/aromatic N) is 1. The monoisotopic (exact) mass is 446 g/mol. The summed E-state index contributed by atoms with van der Waals surface area (Å²) in [6.45, 7) is 4.30. The lowest BCUT2D eigenvalue weighted by molar-refractivity contribution is -0.111. The molecule has 0 saturated heterocycles. The Morgan fingerprint density at radius 3 is 1.94 bits per heavy atom. The Balaban J connectivity index is 1.72. The number of carbonyl (C=O) groups is 1. The predicted molar refractivity (Wildman–Crippen MR) is 134 cm³/mol. The highest BCUT2D eigenvalue weighted by Gasteiger charge is 2.14. The van der Waals surface area contributed by atoms with Crippen molar-refractivity contribution in [3.05, 3.63) is 78.4 Å². The highest BCUT2D eigenvalue weighted by molar-refractivity contribution is 6.02. The maximum atomic E-state index is 12.5. The first-order valence-corrected chi connectivity index (χ1v) is 10.7. The molecule has 0 atom stereocenters. The maximum absolute atomic E-state index is 12.5. The molecular weight excluding hydrogens is 416 g/mol. The van der Waals surface area contributed by atoms with Gasteiger partial charge in [0.15, 0.2) is 11.5 Å². The molecule has 0 fully saturated rings. The van der Waals surface area contributed by atoms with Crippen LogP contribution in [0.25, 0.3) is 6.08 Å². The van der Waals surface area contributed by atoms with Crippen molar-refractivity contribution in [2.24, 2.45) is 0 Å². The minimum Gasteiger partial charge on any atom is -0.493 e. The smallest absolute Gasteiger partial charge is 0.248 e. The molecule has 3 aromatic rings. The number of hydrogen-bond acceptors (Lipinski definition) is 5. The topological polar surface area (TPSA) is 60.0 Å². The molecule has 0 saturated carbocycles. The number of methoxy groups -OCH3 is 3. The third kappa shape index (κ3) is 5.86. The number of anilines is 3. The van der Waals surface area contributed by atoms with Gasteiger partial charge in [0.1, 0.15) is 0 Å². The third-order valence-corrected chi connectivity index (χ3v) is 5.08. The third-order valence-electron chi connectivity index (χ3n) is 5.08. The fraction of sp³-hybridized carbons (Fsp3) is 0.222. The van der Waals surface area contributed by atoms with Gasteiger partial charge in [-0.1, -0.05) is 18.2 Å². The van der Waals surface area contributed by atoms with Gasteiger partial charge in [-0.2, -0.15) is 0 Å². The molecule has 0 spiro atoms. The summed E-state index contributed by atoms with van der Waals surface area (Å²) in [5, 5.41) is 2.90. The number of rotatable bonds is 9. The molecule has 3 rings (SSSR count). The van der Waals surface area contributed by atoms with E-state index in [-0.39, 0.29) is 11.9 Å². The number of benzene rings is 3. The fourth-order valence-electron chi connectivity index (χ4n) is 3.59. The Hall–Kier alpha value is -3.93. The summed E-state index contributed by atoms with van der Waals surface area (Å²) in [5.74, 6) is 1.33. The molecule has 33 heavy (non-hydrogen) atoms. The van der Waals surface area contributed by atoms with E-state index in [1.165, 1.54) is 6.08 Å². The van der Waals surface area contributed by atoms with Gasteiger partial charge < -0.3 is 24.4 Å². The SMILES string of the molecule is COc1cc(/C=C/C(=O)Nc2ccc(N(c3ccccc3)C(C)C)cc2)cc(OC)c1OC. The Morgan fingerprint density at radius 2 is 1.42 bits per heavy atom. The molecule has 0 aliphatic carbocycles. The van der Waals surface area contributed by atoms with Crippen LogP contribution in [0.3, 0.4) is 0 Å². The highest BCUT2D eigenvalue weighted by Crippen LogP contribution is 2.38. The summed E-state index contributed by atoms with van der Waals surface area (Å²) < 4.78 is 16.0. The Kier molecular flexibility index (Phi) is 7.97. The quantitative estimate of drug-likeness (QED) is 0.414. The van der Waals surface area contributed by atoms with Crippen molar-refractivity contribution in [3.8, 4) is 17.2 Å². The van der Waals surface area contributed by atoms with Gasteiger partial charge in [-0.3, -0.25) is 4.79 Å². The fourth-order valence-corrected chi connectivity index (χ4v) is 3.59. The van der Waals surface area contributed by atoms with Gasteiger partial charge in [0.2, 0.25) is 11.7 Å². The van der Waals surface area contributed by atoms with Crippen molar-refractivity contribution >= 4 is 29.0 Å². The van der Waals surface area contributed by atoms with Crippen molar-refractivity contribution < 1.29 is 19.0 Å². The van der Waals surface area contributed by atoms with E-state index in [2.05, 4.69) is 36.2 Å². The van der Waals surface area contributed by atoms with E-state index in [1.807, 2.05) is 42.5 Å². The molecule has 1 amide bonds. The second-order valence-corrected chi connectivity index (χ2v) is 7.63. The summed E-state index contributed by atoms with van der Waals surface area (Å²) in [4.78, 5) is 14.7. The lowest BCUT2D eigenvalue weighted by Crippen LogP contribution is -2.25. The van der Waals surface area contributed by atoms with E-state index in [9.17, 15) is 4.79 Å². The first kappa shape index (κ1) is 23.7. The predicted octanol–water partition coefficient (Wildman–Crippen LogP) is 5.91. The van der Waals surface area contributed by atoms with Crippen LogP contribution in [0.4, 0.5) is 17.1 Å². The van der Waals surface area contributed by atoms with Crippen LogP contribution in [0, 0.1) is 0 Å². The van der Waals surface area contributed by atoms with Gasteiger partial charge >= 0.3 is 0 Å². The number of hydrogen-bond donors (Lipinski definition) is 1. The molecule has 0 bridgehead atoms. The number of nitrogens with one attached hydrogen (secondary N) is 1. The van der Waals surface area contributed by atoms with E-state index in [1.54, 1.807) is 39.5 Å². The average Bonchev–Trinajstić information content (AvgIpc) is 2.83. The first-order valence-electron chi connectivity index (χ1n) is 10.7. The van der Waals surface area contributed by atoms with Gasteiger partial charge in [0, 0.05) is 29.2 Å². The Bertz CT molecular complexity index is 1070. The largest absolute Gasteiger partial charge is 0.493 e. The van der Waals surface area contributed by atoms with Crippen molar-refractivity contribution in [1.29, 1.82) is 0 Å². The van der Waals surface area contributed by atoms with E-state index in [0.29, 0.717) is 17.2 Å². The van der Waals surface area contributed by atoms with E-state index >= 15 is 0 Å². The molecule has 0 aliphatic rings. The second kappa shape index (κ2) is 11.1. The zero-order valence-electron chi connectivity index (χ0n) is 19.7. The van der Waals surface area contributed by atoms with Crippen molar-refractivity contribution in [3.63, 3.8) is 0 Å². The summed E-state index contributed by atoms with van der Waals surface area (Å²) in [5.41, 5.74) is 3.65. The molecule has 1 N–H and O–H groups in total. The van der Waals surface area contributed by atoms with Crippen LogP contribution in [0.5, 0.6) is 17.2 Å². The molecule has 172 valence electrons. The number of para-hydroxylation sites is 1. The summed E-state index contributed by atoms with van der Waals surface area (Å²) in [7, 11) is 4.66. The summed E-state index contributed by atoms with van der Waals surface area (Å²) >= 11 is 0. The van der Waals surface area contributed by atoms with Crippen LogP contribution in [-0.2, 0) is 4.79 Å². The highest BCUT2D eigenvalue weighted by atomic mass is 16.5. The number of ether oxygens (including phenoxy) is 3. The molecule has 6 heteroatoms. The molecule has 3 aromatic carbocycles. The molecule has 0 heterocycles. The van der Waals surface area contributed by atoms with Gasteiger partial charge in [0.25, 0.3) is 0 Å². The molecular formula is C27H30N2O4. The minimum absolute atomic E-state index is 0.236. The lowest BCUT2D eigenvalue weighted by Gasteiger charge is -2.29. The lowest BCUT2D eigenvalue weighted by atomic mass is 10.1. The van der Waals surface area contributed by atoms with E-state index in [0.717, 1.165) is 22.6 Å². The van der Waals surface area contributed by atoms with Gasteiger partial charge in [-0.05, 0) is 74.0 Å². The van der Waals surface area contributed by atoms with E-state index in [4.69, 9.17) is 14.2 Å². The van der Waals surface area contributed by atoms with Crippen molar-refractivity contribution in [1.82, 2.24) is 0 Å². The summed E-state index contributed by atoms with van der Waals surface area (Å²) in [6, 6.07) is 21.9. The van der Waals surface area contributed by atoms with Crippen LogP contribution in [0.15, 0.2) is 72.8 Å². The maximum Gasteiger partial charge on any atom is 0.248 e. The second-order valence-electron chi connectivity index (χ2n) is 7.63. The van der Waals surface area contributed by atoms with Gasteiger partial charge in [-0.25, -0.2) is 0 Å². The number of amides is 1. The van der Waals surface area contributed by atoms with Crippen LogP contribution in [-0.4, -0.2) is 33.3 Å². The Morgan fingerprint density at radius 1 is 0.848 bits per heavy atom. The summed E-state index contributed by atoms with van der Waals surface area (Å²) in [6.07, 6.45) is 3.17. The van der Waals surface area contributed by atoms with Gasteiger partial charge in [-0.15, -0.1) is 0 Å². The zero-order valence-corrected chi connectivity index (χ0v) is 19.7. The number of carbonyl (C=O) groups excluding carboxylic acids is 1. The zero-order chi connectivity index (χ0) is 23.8. The standard InChI is InChI=1S/C27H30N2O4/c1-19(2)29(22-9-7-6-8-10-22)23-14-12-21(13-15-23)28-26(30)16-11-20-17-24(31-3)27(33-5)25(18-20)32-4/h6-19H,1-5H3,(H,28,30)/b16-11+. The van der Waals surface area contributed by atoms with Gasteiger partial charge in [0.05, 0.1) is 21.3 Å². The van der Waals surface area contributed by atoms with Crippen molar-refractivity contribution in [2.45, 2.75) is 19.9 Å². The molecule has 6 nitrogen and oxygen atoms in total. The average molecular weight is 447 g/mol. The Labute approximate surface area is 195 Å². The minimum atomic E-state index is -0.236.